The highest BCUT2D eigenvalue weighted by molar-refractivity contribution is 5.85. The quantitative estimate of drug-likeness (QED) is 0.703. The first kappa shape index (κ1) is 10.3. The largest absolute Gasteiger partial charge is 0.325 e. The lowest BCUT2D eigenvalue weighted by atomic mass is 10.3. The van der Waals surface area contributed by atoms with Crippen LogP contribution in [0.2, 0.25) is 0 Å². The van der Waals surface area contributed by atoms with E-state index < -0.39 is 0 Å². The monoisotopic (exact) mass is 176 g/mol. The molecule has 1 aromatic heterocycles. The second-order valence-corrected chi connectivity index (χ2v) is 2.09. The van der Waals surface area contributed by atoms with E-state index in [0.29, 0.717) is 5.69 Å². The molecular weight excluding hydrogens is 167 g/mol. The molecule has 0 aromatic carbocycles. The number of rotatable bonds is 1. The van der Waals surface area contributed by atoms with Crippen LogP contribution in [-0.4, -0.2) is 4.98 Å². The van der Waals surface area contributed by atoms with Gasteiger partial charge in [0.2, 0.25) is 0 Å². The van der Waals surface area contributed by atoms with E-state index in [2.05, 4.69) is 4.98 Å². The number of pyridine rings is 1. The Morgan fingerprint density at radius 2 is 2.18 bits per heavy atom. The summed E-state index contributed by atoms with van der Waals surface area (Å²) in [6.45, 7) is 1.96. The number of hydrogen-bond acceptors (Lipinski definition) is 2. The van der Waals surface area contributed by atoms with Crippen molar-refractivity contribution in [2.45, 2.75) is 13.5 Å². The molecule has 0 aliphatic heterocycles. The maximum Gasteiger partial charge on any atom is 0.146 e. The molecule has 4 heteroatoms. The van der Waals surface area contributed by atoms with Gasteiger partial charge in [0.25, 0.3) is 0 Å². The third-order valence-corrected chi connectivity index (χ3v) is 1.25. The van der Waals surface area contributed by atoms with Crippen molar-refractivity contribution in [2.24, 2.45) is 5.73 Å². The minimum absolute atomic E-state index is 0. The molecule has 0 aliphatic rings. The van der Waals surface area contributed by atoms with Crippen molar-refractivity contribution in [3.63, 3.8) is 0 Å². The van der Waals surface area contributed by atoms with Gasteiger partial charge in [-0.25, -0.2) is 4.39 Å². The molecule has 62 valence electrons. The van der Waals surface area contributed by atoms with E-state index in [-0.39, 0.29) is 24.8 Å². The Morgan fingerprint density at radius 1 is 1.55 bits per heavy atom. The number of nitrogens with two attached hydrogens (primary N) is 1. The first-order valence-corrected chi connectivity index (χ1v) is 3.06. The molecule has 2 nitrogen and oxygen atoms in total. The second kappa shape index (κ2) is 4.26. The molecule has 0 aliphatic carbocycles. The summed E-state index contributed by atoms with van der Waals surface area (Å²) in [6.07, 6.45) is 0. The van der Waals surface area contributed by atoms with Crippen molar-refractivity contribution >= 4 is 12.4 Å². The Bertz CT molecular complexity index is 240. The number of hydrogen-bond donors (Lipinski definition) is 1. The van der Waals surface area contributed by atoms with Crippen molar-refractivity contribution in [3.8, 4) is 0 Å². The van der Waals surface area contributed by atoms with E-state index >= 15 is 0 Å². The summed E-state index contributed by atoms with van der Waals surface area (Å²) in [5.41, 5.74) is 6.34. The van der Waals surface area contributed by atoms with Gasteiger partial charge in [-0.1, -0.05) is 0 Å². The van der Waals surface area contributed by atoms with E-state index in [1.807, 2.05) is 0 Å². The van der Waals surface area contributed by atoms with Crippen LogP contribution in [0.25, 0.3) is 0 Å². The number of nitrogens with zero attached hydrogens (tertiary/aromatic N) is 1. The van der Waals surface area contributed by atoms with Crippen LogP contribution >= 0.6 is 12.4 Å². The van der Waals surface area contributed by atoms with E-state index in [4.69, 9.17) is 5.73 Å². The normalized spacial score (nSPS) is 9.00. The first-order valence-electron chi connectivity index (χ1n) is 3.06. The second-order valence-electron chi connectivity index (χ2n) is 2.09. The van der Waals surface area contributed by atoms with Crippen molar-refractivity contribution in [1.82, 2.24) is 4.98 Å². The topological polar surface area (TPSA) is 38.9 Å². The van der Waals surface area contributed by atoms with Crippen LogP contribution in [0.1, 0.15) is 11.4 Å². The van der Waals surface area contributed by atoms with Gasteiger partial charge in [0.05, 0.1) is 5.69 Å². The molecule has 0 radical (unpaired) electrons. The van der Waals surface area contributed by atoms with E-state index in [1.54, 1.807) is 13.0 Å². The van der Waals surface area contributed by atoms with Gasteiger partial charge < -0.3 is 5.73 Å². The highest BCUT2D eigenvalue weighted by Gasteiger charge is 1.99. The molecule has 0 amide bonds. The average Bonchev–Trinajstić information content (AvgIpc) is 1.94. The zero-order chi connectivity index (χ0) is 7.56. The highest BCUT2D eigenvalue weighted by atomic mass is 35.5. The molecule has 0 saturated heterocycles. The van der Waals surface area contributed by atoms with E-state index in [1.165, 1.54) is 6.07 Å². The lowest BCUT2D eigenvalue weighted by Gasteiger charge is -1.98. The summed E-state index contributed by atoms with van der Waals surface area (Å²) in [5.74, 6) is -0.326. The summed E-state index contributed by atoms with van der Waals surface area (Å²) in [6, 6.07) is 3.00. The molecule has 1 aromatic rings. The maximum absolute atomic E-state index is 12.6. The van der Waals surface area contributed by atoms with Crippen LogP contribution in [-0.2, 0) is 6.54 Å². The number of halogens is 2. The van der Waals surface area contributed by atoms with Crippen LogP contribution < -0.4 is 5.73 Å². The Kier molecular flexibility index (Phi) is 4.00. The zero-order valence-corrected chi connectivity index (χ0v) is 6.99. The third-order valence-electron chi connectivity index (χ3n) is 1.25. The lowest BCUT2D eigenvalue weighted by Crippen LogP contribution is -2.03. The fourth-order valence-corrected chi connectivity index (χ4v) is 0.737. The molecule has 1 heterocycles. The molecule has 0 fully saturated rings. The van der Waals surface area contributed by atoms with Crippen LogP contribution in [0, 0.1) is 12.7 Å². The molecular formula is C7H10ClFN2. The third kappa shape index (κ3) is 2.44. The van der Waals surface area contributed by atoms with Gasteiger partial charge in [0, 0.05) is 12.2 Å². The molecule has 0 unspecified atom stereocenters. The Labute approximate surface area is 71.0 Å². The van der Waals surface area contributed by atoms with Gasteiger partial charge >= 0.3 is 0 Å². The number of aryl methyl sites for hydroxylation is 1. The van der Waals surface area contributed by atoms with Gasteiger partial charge in [-0.15, -0.1) is 12.4 Å². The predicted molar refractivity (Wildman–Crippen MR) is 44.1 cm³/mol. The van der Waals surface area contributed by atoms with Crippen LogP contribution in [0.5, 0.6) is 0 Å². The van der Waals surface area contributed by atoms with Crippen LogP contribution in [0.4, 0.5) is 4.39 Å². The predicted octanol–water partition coefficient (Wildman–Crippen LogP) is 1.41. The summed E-state index contributed by atoms with van der Waals surface area (Å²) >= 11 is 0. The summed E-state index contributed by atoms with van der Waals surface area (Å²) in [7, 11) is 0. The molecule has 11 heavy (non-hydrogen) atoms. The van der Waals surface area contributed by atoms with Crippen molar-refractivity contribution in [1.29, 1.82) is 0 Å². The molecule has 2 N–H and O–H groups in total. The summed E-state index contributed by atoms with van der Waals surface area (Å²) < 4.78 is 12.6. The van der Waals surface area contributed by atoms with Crippen LogP contribution in [0.3, 0.4) is 0 Å². The minimum atomic E-state index is -0.326. The fourth-order valence-electron chi connectivity index (χ4n) is 0.737. The minimum Gasteiger partial charge on any atom is -0.325 e. The fraction of sp³-hybridized carbons (Fsp3) is 0.286. The first-order chi connectivity index (χ1) is 4.74. The standard InChI is InChI=1S/C7H9FN2.ClH/c1-5-2-3-6(8)7(4-9)10-5;/h2-3H,4,9H2,1H3;1H. The van der Waals surface area contributed by atoms with Gasteiger partial charge in [0.15, 0.2) is 0 Å². The molecule has 0 atom stereocenters. The molecule has 0 spiro atoms. The summed E-state index contributed by atoms with van der Waals surface area (Å²) in [4.78, 5) is 3.89. The Hall–Kier alpha value is -0.670. The van der Waals surface area contributed by atoms with Crippen LogP contribution in [0.15, 0.2) is 12.1 Å². The van der Waals surface area contributed by atoms with Crippen molar-refractivity contribution in [3.05, 3.63) is 29.3 Å². The van der Waals surface area contributed by atoms with Gasteiger partial charge in [0.1, 0.15) is 5.82 Å². The maximum atomic E-state index is 12.6. The van der Waals surface area contributed by atoms with Gasteiger partial charge in [-0.05, 0) is 19.1 Å². The highest BCUT2D eigenvalue weighted by Crippen LogP contribution is 2.03. The summed E-state index contributed by atoms with van der Waals surface area (Å²) in [5, 5.41) is 0. The van der Waals surface area contributed by atoms with E-state index in [0.717, 1.165) is 5.69 Å². The lowest BCUT2D eigenvalue weighted by molar-refractivity contribution is 0.598. The Morgan fingerprint density at radius 3 is 2.64 bits per heavy atom. The molecule has 0 bridgehead atoms. The SMILES string of the molecule is Cc1ccc(F)c(CN)n1.Cl. The number of aromatic nitrogens is 1. The zero-order valence-electron chi connectivity index (χ0n) is 6.17. The van der Waals surface area contributed by atoms with E-state index in [9.17, 15) is 4.39 Å². The van der Waals surface area contributed by atoms with Crippen molar-refractivity contribution in [2.75, 3.05) is 0 Å². The molecule has 1 rings (SSSR count). The average molecular weight is 177 g/mol. The van der Waals surface area contributed by atoms with Gasteiger partial charge in [-0.2, -0.15) is 0 Å². The Balaban J connectivity index is 0.000001000. The molecule has 0 saturated carbocycles. The smallest absolute Gasteiger partial charge is 0.146 e. The van der Waals surface area contributed by atoms with Crippen molar-refractivity contribution < 1.29 is 4.39 Å². The van der Waals surface area contributed by atoms with Gasteiger partial charge in [-0.3, -0.25) is 4.98 Å².